The van der Waals surface area contributed by atoms with E-state index < -0.39 is 0 Å². The molecule has 7 heteroatoms. The van der Waals surface area contributed by atoms with E-state index >= 15 is 0 Å². The van der Waals surface area contributed by atoms with Gasteiger partial charge in [0.2, 0.25) is 0 Å². The van der Waals surface area contributed by atoms with Crippen molar-refractivity contribution >= 4 is 5.91 Å². The molecule has 0 aliphatic heterocycles. The molecule has 2 rings (SSSR count). The van der Waals surface area contributed by atoms with Gasteiger partial charge in [0.1, 0.15) is 5.82 Å². The number of hydrogen-bond acceptors (Lipinski definition) is 4. The van der Waals surface area contributed by atoms with Crippen molar-refractivity contribution < 1.29 is 14.3 Å². The van der Waals surface area contributed by atoms with Gasteiger partial charge >= 0.3 is 0 Å². The van der Waals surface area contributed by atoms with E-state index in [1.54, 1.807) is 0 Å². The van der Waals surface area contributed by atoms with Crippen LogP contribution in [0.15, 0.2) is 30.5 Å². The van der Waals surface area contributed by atoms with Crippen LogP contribution in [0.1, 0.15) is 37.2 Å². The van der Waals surface area contributed by atoms with Crippen LogP contribution >= 0.6 is 0 Å². The van der Waals surface area contributed by atoms with Crippen LogP contribution in [0.3, 0.4) is 0 Å². The first-order chi connectivity index (χ1) is 11.0. The van der Waals surface area contributed by atoms with E-state index in [9.17, 15) is 14.3 Å². The number of aliphatic hydroxyl groups is 1. The lowest BCUT2D eigenvalue weighted by atomic mass is 9.83. The lowest BCUT2D eigenvalue weighted by Crippen LogP contribution is -2.39. The SMILES string of the molecule is CCC(CC)(CO)CNC(=O)c1cnn(-c2ccc(F)cc2)n1. The van der Waals surface area contributed by atoms with Crippen molar-refractivity contribution in [1.82, 2.24) is 20.3 Å². The summed E-state index contributed by atoms with van der Waals surface area (Å²) < 4.78 is 12.9. The second kappa shape index (κ2) is 7.32. The number of carbonyl (C=O) groups excluding carboxylic acids is 1. The third kappa shape index (κ3) is 3.92. The van der Waals surface area contributed by atoms with E-state index in [0.29, 0.717) is 12.2 Å². The summed E-state index contributed by atoms with van der Waals surface area (Å²) in [6.45, 7) is 4.36. The minimum Gasteiger partial charge on any atom is -0.396 e. The van der Waals surface area contributed by atoms with Crippen LogP contribution in [0.4, 0.5) is 4.39 Å². The Morgan fingerprint density at radius 1 is 1.30 bits per heavy atom. The standard InChI is InChI=1S/C16H21FN4O2/c1-3-16(4-2,11-22)10-18-15(23)14-9-19-21(20-14)13-7-5-12(17)6-8-13/h5-9,22H,3-4,10-11H2,1-2H3,(H,18,23). The Bertz CT molecular complexity index is 642. The molecule has 1 aromatic carbocycles. The molecule has 0 unspecified atom stereocenters. The second-order valence-corrected chi connectivity index (χ2v) is 5.54. The van der Waals surface area contributed by atoms with Crippen molar-refractivity contribution in [3.05, 3.63) is 42.0 Å². The molecular weight excluding hydrogens is 299 g/mol. The van der Waals surface area contributed by atoms with Crippen LogP contribution in [0, 0.1) is 11.2 Å². The lowest BCUT2D eigenvalue weighted by Gasteiger charge is -2.29. The zero-order valence-corrected chi connectivity index (χ0v) is 13.3. The van der Waals surface area contributed by atoms with Crippen LogP contribution in [-0.4, -0.2) is 39.2 Å². The number of carbonyl (C=O) groups is 1. The molecular formula is C16H21FN4O2. The third-order valence-electron chi connectivity index (χ3n) is 4.24. The molecule has 0 bridgehead atoms. The van der Waals surface area contributed by atoms with Crippen molar-refractivity contribution in [3.8, 4) is 5.69 Å². The van der Waals surface area contributed by atoms with Gasteiger partial charge in [0.25, 0.3) is 5.91 Å². The molecule has 2 N–H and O–H groups in total. The maximum atomic E-state index is 12.9. The number of aliphatic hydroxyl groups excluding tert-OH is 1. The summed E-state index contributed by atoms with van der Waals surface area (Å²) in [5, 5.41) is 20.4. The summed E-state index contributed by atoms with van der Waals surface area (Å²) >= 11 is 0. The van der Waals surface area contributed by atoms with Crippen molar-refractivity contribution in [1.29, 1.82) is 0 Å². The van der Waals surface area contributed by atoms with Gasteiger partial charge in [0.15, 0.2) is 5.69 Å². The van der Waals surface area contributed by atoms with Gasteiger partial charge in [-0.3, -0.25) is 4.79 Å². The van der Waals surface area contributed by atoms with Crippen LogP contribution in [0.2, 0.25) is 0 Å². The van der Waals surface area contributed by atoms with Crippen molar-refractivity contribution in [2.75, 3.05) is 13.2 Å². The highest BCUT2D eigenvalue weighted by Crippen LogP contribution is 2.24. The largest absolute Gasteiger partial charge is 0.396 e. The van der Waals surface area contributed by atoms with Crippen molar-refractivity contribution in [3.63, 3.8) is 0 Å². The Kier molecular flexibility index (Phi) is 5.44. The topological polar surface area (TPSA) is 80.0 Å². The highest BCUT2D eigenvalue weighted by atomic mass is 19.1. The van der Waals surface area contributed by atoms with Gasteiger partial charge in [-0.2, -0.15) is 9.90 Å². The predicted octanol–water partition coefficient (Wildman–Crippen LogP) is 1.93. The van der Waals surface area contributed by atoms with Gasteiger partial charge in [-0.05, 0) is 37.1 Å². The average Bonchev–Trinajstić information content (AvgIpc) is 3.07. The van der Waals surface area contributed by atoms with Gasteiger partial charge < -0.3 is 10.4 Å². The summed E-state index contributed by atoms with van der Waals surface area (Å²) in [6, 6.07) is 5.66. The van der Waals surface area contributed by atoms with Gasteiger partial charge in [0.05, 0.1) is 18.5 Å². The Morgan fingerprint density at radius 2 is 1.96 bits per heavy atom. The highest BCUT2D eigenvalue weighted by molar-refractivity contribution is 5.91. The van der Waals surface area contributed by atoms with Gasteiger partial charge in [-0.15, -0.1) is 5.10 Å². The molecule has 1 aromatic heterocycles. The van der Waals surface area contributed by atoms with Gasteiger partial charge in [-0.25, -0.2) is 4.39 Å². The van der Waals surface area contributed by atoms with Gasteiger partial charge in [0, 0.05) is 12.0 Å². The zero-order valence-electron chi connectivity index (χ0n) is 13.3. The number of aromatic nitrogens is 3. The molecule has 1 heterocycles. The minimum atomic E-state index is -0.349. The van der Waals surface area contributed by atoms with Crippen molar-refractivity contribution in [2.45, 2.75) is 26.7 Å². The predicted molar refractivity (Wildman–Crippen MR) is 83.8 cm³/mol. The fourth-order valence-electron chi connectivity index (χ4n) is 2.20. The number of nitrogens with one attached hydrogen (secondary N) is 1. The number of halogens is 1. The summed E-state index contributed by atoms with van der Waals surface area (Å²) in [5.74, 6) is -0.698. The lowest BCUT2D eigenvalue weighted by molar-refractivity contribution is 0.0846. The molecule has 0 spiro atoms. The fourth-order valence-corrected chi connectivity index (χ4v) is 2.20. The fraction of sp³-hybridized carbons (Fsp3) is 0.438. The summed E-state index contributed by atoms with van der Waals surface area (Å²) in [5.41, 5.74) is 0.424. The quantitative estimate of drug-likeness (QED) is 0.817. The Hall–Kier alpha value is -2.28. The number of nitrogens with zero attached hydrogens (tertiary/aromatic N) is 3. The second-order valence-electron chi connectivity index (χ2n) is 5.54. The molecule has 0 saturated carbocycles. The first kappa shape index (κ1) is 17.1. The molecule has 0 saturated heterocycles. The van der Waals surface area contributed by atoms with Crippen LogP contribution < -0.4 is 5.32 Å². The molecule has 1 amide bonds. The van der Waals surface area contributed by atoms with Crippen LogP contribution in [-0.2, 0) is 0 Å². The molecule has 2 aromatic rings. The molecule has 0 radical (unpaired) electrons. The molecule has 124 valence electrons. The number of benzene rings is 1. The van der Waals surface area contributed by atoms with Crippen LogP contribution in [0.25, 0.3) is 5.69 Å². The molecule has 23 heavy (non-hydrogen) atoms. The Labute approximate surface area is 134 Å². The van der Waals surface area contributed by atoms with E-state index in [2.05, 4.69) is 15.5 Å². The monoisotopic (exact) mass is 320 g/mol. The molecule has 0 fully saturated rings. The van der Waals surface area contributed by atoms with E-state index in [4.69, 9.17) is 0 Å². The van der Waals surface area contributed by atoms with Crippen molar-refractivity contribution in [2.24, 2.45) is 5.41 Å². The normalized spacial score (nSPS) is 11.5. The Morgan fingerprint density at radius 3 is 2.52 bits per heavy atom. The number of hydrogen-bond donors (Lipinski definition) is 2. The van der Waals surface area contributed by atoms with Crippen LogP contribution in [0.5, 0.6) is 0 Å². The summed E-state index contributed by atoms with van der Waals surface area (Å²) in [7, 11) is 0. The average molecular weight is 320 g/mol. The zero-order chi connectivity index (χ0) is 16.9. The number of rotatable bonds is 7. The molecule has 0 aliphatic carbocycles. The maximum Gasteiger partial charge on any atom is 0.273 e. The van der Waals surface area contributed by atoms with E-state index in [1.807, 2.05) is 13.8 Å². The minimum absolute atomic E-state index is 0.0164. The molecule has 0 atom stereocenters. The third-order valence-corrected chi connectivity index (χ3v) is 4.24. The summed E-state index contributed by atoms with van der Waals surface area (Å²) in [4.78, 5) is 13.4. The summed E-state index contributed by atoms with van der Waals surface area (Å²) in [6.07, 6.45) is 2.89. The molecule has 6 nitrogen and oxygen atoms in total. The van der Waals surface area contributed by atoms with E-state index in [1.165, 1.54) is 35.3 Å². The maximum absolute atomic E-state index is 12.9. The van der Waals surface area contributed by atoms with Gasteiger partial charge in [-0.1, -0.05) is 13.8 Å². The Balaban J connectivity index is 2.05. The first-order valence-corrected chi connectivity index (χ1v) is 7.61. The van der Waals surface area contributed by atoms with E-state index in [-0.39, 0.29) is 29.4 Å². The van der Waals surface area contributed by atoms with E-state index in [0.717, 1.165) is 12.8 Å². The smallest absolute Gasteiger partial charge is 0.273 e. The molecule has 0 aliphatic rings. The first-order valence-electron chi connectivity index (χ1n) is 7.61. The highest BCUT2D eigenvalue weighted by Gasteiger charge is 2.26. The number of amides is 1.